The third-order valence-corrected chi connectivity index (χ3v) is 7.56. The molecule has 0 amide bonds. The number of aryl methyl sites for hydroxylation is 2. The molecule has 2 aliphatic rings. The van der Waals surface area contributed by atoms with Gasteiger partial charge in [-0.05, 0) is 73.1 Å². The van der Waals surface area contributed by atoms with Crippen molar-refractivity contribution in [1.29, 1.82) is 0 Å². The van der Waals surface area contributed by atoms with Gasteiger partial charge in [0.2, 0.25) is 0 Å². The van der Waals surface area contributed by atoms with Crippen LogP contribution in [0.15, 0.2) is 77.4 Å². The van der Waals surface area contributed by atoms with Gasteiger partial charge < -0.3 is 15.0 Å². The molecule has 1 aromatic heterocycles. The van der Waals surface area contributed by atoms with E-state index in [1.807, 2.05) is 48.5 Å². The summed E-state index contributed by atoms with van der Waals surface area (Å²) in [5.74, 6) is 1.02. The molecular formula is C32H32N4O2. The van der Waals surface area contributed by atoms with Crippen LogP contribution in [0, 0.1) is 6.92 Å². The van der Waals surface area contributed by atoms with Crippen LogP contribution in [-0.2, 0) is 13.0 Å². The van der Waals surface area contributed by atoms with Gasteiger partial charge in [-0.3, -0.25) is 4.99 Å². The lowest BCUT2D eigenvalue weighted by Gasteiger charge is -2.14. The summed E-state index contributed by atoms with van der Waals surface area (Å²) in [5.41, 5.74) is 8.34. The first-order valence-corrected chi connectivity index (χ1v) is 13.5. The summed E-state index contributed by atoms with van der Waals surface area (Å²) in [6.07, 6.45) is 7.48. The Labute approximate surface area is 222 Å². The van der Waals surface area contributed by atoms with Crippen molar-refractivity contribution in [2.75, 3.05) is 0 Å². The van der Waals surface area contributed by atoms with Crippen molar-refractivity contribution in [3.05, 3.63) is 101 Å². The number of aromatic carboxylic acids is 1. The van der Waals surface area contributed by atoms with Crippen LogP contribution in [0.3, 0.4) is 0 Å². The summed E-state index contributed by atoms with van der Waals surface area (Å²) in [7, 11) is 0. The third-order valence-electron chi connectivity index (χ3n) is 7.56. The maximum absolute atomic E-state index is 12.2. The van der Waals surface area contributed by atoms with Crippen LogP contribution in [0.1, 0.15) is 65.5 Å². The number of carbonyl (C=O) groups is 1. The number of amidine groups is 1. The van der Waals surface area contributed by atoms with Gasteiger partial charge in [0.1, 0.15) is 11.7 Å². The summed E-state index contributed by atoms with van der Waals surface area (Å²) in [4.78, 5) is 22.3. The van der Waals surface area contributed by atoms with Crippen molar-refractivity contribution in [3.63, 3.8) is 0 Å². The third kappa shape index (κ3) is 4.40. The predicted octanol–water partition coefficient (Wildman–Crippen LogP) is 6.50. The highest BCUT2D eigenvalue weighted by atomic mass is 16.4. The molecule has 1 unspecified atom stereocenters. The SMILES string of the molecule is CCCc1nc2c(C)cc(C3=NC4CCCC=C4N3)cc2n1Cc1ccc(-c2ccccc2)c(C(=O)O)c1. The lowest BCUT2D eigenvalue weighted by molar-refractivity contribution is 0.0697. The van der Waals surface area contributed by atoms with E-state index in [4.69, 9.17) is 9.98 Å². The summed E-state index contributed by atoms with van der Waals surface area (Å²) in [5, 5.41) is 13.6. The van der Waals surface area contributed by atoms with E-state index in [0.29, 0.717) is 12.1 Å². The first kappa shape index (κ1) is 24.2. The first-order chi connectivity index (χ1) is 18.5. The Morgan fingerprint density at radius 2 is 1.95 bits per heavy atom. The number of allylic oxidation sites excluding steroid dienone is 1. The number of nitrogens with one attached hydrogen (secondary N) is 1. The van der Waals surface area contributed by atoms with E-state index in [2.05, 4.69) is 41.9 Å². The lowest BCUT2D eigenvalue weighted by Crippen LogP contribution is -2.21. The van der Waals surface area contributed by atoms with Crippen LogP contribution >= 0.6 is 0 Å². The molecule has 2 heterocycles. The molecule has 1 atom stereocenters. The number of carboxylic acid groups (broad SMARTS) is 1. The van der Waals surface area contributed by atoms with E-state index in [9.17, 15) is 9.90 Å². The molecule has 6 heteroatoms. The van der Waals surface area contributed by atoms with Crippen LogP contribution in [0.25, 0.3) is 22.2 Å². The Kier molecular flexibility index (Phi) is 6.32. The van der Waals surface area contributed by atoms with Gasteiger partial charge in [0, 0.05) is 24.2 Å². The molecule has 0 radical (unpaired) electrons. The van der Waals surface area contributed by atoms with Gasteiger partial charge in [-0.15, -0.1) is 0 Å². The molecule has 192 valence electrons. The molecule has 0 bridgehead atoms. The van der Waals surface area contributed by atoms with E-state index in [1.54, 1.807) is 0 Å². The van der Waals surface area contributed by atoms with Crippen LogP contribution in [0.4, 0.5) is 0 Å². The van der Waals surface area contributed by atoms with E-state index in [0.717, 1.165) is 76.2 Å². The van der Waals surface area contributed by atoms with Crippen molar-refractivity contribution in [1.82, 2.24) is 14.9 Å². The second-order valence-electron chi connectivity index (χ2n) is 10.3. The standard InChI is InChI=1S/C32H32N4O2/c1-3-9-29-35-30-20(2)16-23(31-33-26-12-7-8-13-27(26)34-31)18-28(30)36(29)19-21-14-15-24(25(17-21)32(37)38)22-10-5-4-6-11-22/h4-6,10-12,14-18,27H,3,7-9,13,19H2,1-2H3,(H,33,34)(H,37,38). The number of nitrogens with zero attached hydrogens (tertiary/aromatic N) is 3. The molecular weight excluding hydrogens is 472 g/mol. The lowest BCUT2D eigenvalue weighted by atomic mass is 9.97. The quantitative estimate of drug-likeness (QED) is 0.301. The number of aromatic nitrogens is 2. The van der Waals surface area contributed by atoms with Gasteiger partial charge in [-0.1, -0.05) is 55.5 Å². The summed E-state index contributed by atoms with van der Waals surface area (Å²) >= 11 is 0. The zero-order valence-corrected chi connectivity index (χ0v) is 21.9. The molecule has 0 saturated heterocycles. The molecule has 6 rings (SSSR count). The van der Waals surface area contributed by atoms with Crippen molar-refractivity contribution in [2.24, 2.45) is 4.99 Å². The molecule has 38 heavy (non-hydrogen) atoms. The Morgan fingerprint density at radius 3 is 2.71 bits per heavy atom. The number of fused-ring (bicyclic) bond motifs is 2. The molecule has 0 spiro atoms. The monoisotopic (exact) mass is 504 g/mol. The molecule has 4 aromatic rings. The molecule has 6 nitrogen and oxygen atoms in total. The number of aliphatic imine (C=N–C) groups is 1. The fourth-order valence-electron chi connectivity index (χ4n) is 5.69. The fraction of sp³-hybridized carbons (Fsp3) is 0.281. The molecule has 1 aliphatic heterocycles. The second-order valence-corrected chi connectivity index (χ2v) is 10.3. The molecule has 1 aliphatic carbocycles. The predicted molar refractivity (Wildman–Crippen MR) is 152 cm³/mol. The van der Waals surface area contributed by atoms with Crippen LogP contribution < -0.4 is 5.32 Å². The van der Waals surface area contributed by atoms with Crippen molar-refractivity contribution < 1.29 is 9.90 Å². The molecule has 0 fully saturated rings. The summed E-state index contributed by atoms with van der Waals surface area (Å²) < 4.78 is 2.25. The van der Waals surface area contributed by atoms with Crippen LogP contribution in [0.2, 0.25) is 0 Å². The van der Waals surface area contributed by atoms with E-state index < -0.39 is 5.97 Å². The second kappa shape index (κ2) is 9.93. The Morgan fingerprint density at radius 1 is 1.11 bits per heavy atom. The number of carboxylic acids is 1. The molecule has 3 aromatic carbocycles. The van der Waals surface area contributed by atoms with E-state index >= 15 is 0 Å². The first-order valence-electron chi connectivity index (χ1n) is 13.5. The minimum atomic E-state index is -0.922. The zero-order valence-electron chi connectivity index (χ0n) is 21.9. The summed E-state index contributed by atoms with van der Waals surface area (Å²) in [6.45, 7) is 4.82. The number of benzene rings is 3. The average molecular weight is 505 g/mol. The van der Waals surface area contributed by atoms with Gasteiger partial charge in [0.25, 0.3) is 0 Å². The Balaban J connectivity index is 1.42. The van der Waals surface area contributed by atoms with Gasteiger partial charge in [0.05, 0.1) is 22.6 Å². The highest BCUT2D eigenvalue weighted by molar-refractivity contribution is 6.04. The smallest absolute Gasteiger partial charge is 0.336 e. The largest absolute Gasteiger partial charge is 0.478 e. The van der Waals surface area contributed by atoms with Gasteiger partial charge in [0.15, 0.2) is 0 Å². The van der Waals surface area contributed by atoms with E-state index in [-0.39, 0.29) is 6.04 Å². The maximum atomic E-state index is 12.2. The highest BCUT2D eigenvalue weighted by Gasteiger charge is 2.26. The number of hydrogen-bond acceptors (Lipinski definition) is 4. The number of hydrogen-bond donors (Lipinski definition) is 2. The average Bonchev–Trinajstić information content (AvgIpc) is 3.51. The van der Waals surface area contributed by atoms with Gasteiger partial charge >= 0.3 is 5.97 Å². The van der Waals surface area contributed by atoms with Crippen LogP contribution in [0.5, 0.6) is 0 Å². The van der Waals surface area contributed by atoms with Gasteiger partial charge in [-0.25, -0.2) is 9.78 Å². The van der Waals surface area contributed by atoms with Gasteiger partial charge in [-0.2, -0.15) is 0 Å². The van der Waals surface area contributed by atoms with E-state index in [1.165, 1.54) is 12.1 Å². The number of imidazole rings is 1. The van der Waals surface area contributed by atoms with Crippen molar-refractivity contribution >= 4 is 22.8 Å². The molecule has 0 saturated carbocycles. The highest BCUT2D eigenvalue weighted by Crippen LogP contribution is 2.30. The fourth-order valence-corrected chi connectivity index (χ4v) is 5.69. The Bertz CT molecular complexity index is 1600. The molecule has 2 N–H and O–H groups in total. The minimum Gasteiger partial charge on any atom is -0.478 e. The topological polar surface area (TPSA) is 79.5 Å². The minimum absolute atomic E-state index is 0.243. The normalized spacial score (nSPS) is 16.6. The summed E-state index contributed by atoms with van der Waals surface area (Å²) in [6, 6.07) is 20.1. The maximum Gasteiger partial charge on any atom is 0.336 e. The number of rotatable bonds is 7. The zero-order chi connectivity index (χ0) is 26.2. The van der Waals surface area contributed by atoms with Crippen molar-refractivity contribution in [2.45, 2.75) is 58.5 Å². The van der Waals surface area contributed by atoms with Crippen molar-refractivity contribution in [3.8, 4) is 11.1 Å². The van der Waals surface area contributed by atoms with Crippen LogP contribution in [-0.4, -0.2) is 32.5 Å². The Hall–Kier alpha value is -4.19.